The van der Waals surface area contributed by atoms with Gasteiger partial charge < -0.3 is 4.42 Å². The lowest BCUT2D eigenvalue weighted by atomic mass is 10.1. The molecule has 0 saturated heterocycles. The topological polar surface area (TPSA) is 71.5 Å². The zero-order valence-electron chi connectivity index (χ0n) is 10.7. The molecule has 1 aromatic heterocycles. The summed E-state index contributed by atoms with van der Waals surface area (Å²) in [6.45, 7) is 6.10. The first-order valence-corrected chi connectivity index (χ1v) is 5.85. The van der Waals surface area contributed by atoms with Crippen molar-refractivity contribution in [2.24, 2.45) is 11.8 Å². The number of nitrogens with two attached hydrogens (primary N) is 1. The van der Waals surface area contributed by atoms with Crippen molar-refractivity contribution < 1.29 is 9.21 Å². The van der Waals surface area contributed by atoms with Crippen LogP contribution in [-0.4, -0.2) is 24.4 Å². The summed E-state index contributed by atoms with van der Waals surface area (Å²) in [5, 5.41) is 0. The van der Waals surface area contributed by atoms with Gasteiger partial charge in [-0.15, -0.1) is 0 Å². The lowest BCUT2D eigenvalue weighted by Crippen LogP contribution is -2.29. The smallest absolute Gasteiger partial charge is 0.300 e. The van der Waals surface area contributed by atoms with E-state index >= 15 is 0 Å². The average molecular weight is 239 g/mol. The molecule has 5 nitrogen and oxygen atoms in total. The van der Waals surface area contributed by atoms with E-state index in [1.165, 1.54) is 0 Å². The Labute approximate surface area is 102 Å². The highest BCUT2D eigenvalue weighted by molar-refractivity contribution is 5.90. The molecule has 17 heavy (non-hydrogen) atoms. The van der Waals surface area contributed by atoms with E-state index in [1.54, 1.807) is 12.1 Å². The van der Waals surface area contributed by atoms with Gasteiger partial charge in [-0.3, -0.25) is 15.1 Å². The molecule has 0 aliphatic heterocycles. The normalized spacial score (nSPS) is 12.8. The molecular formula is C12H21N3O2. The maximum Gasteiger partial charge on any atom is 0.300 e. The first-order chi connectivity index (χ1) is 8.06. The van der Waals surface area contributed by atoms with Crippen molar-refractivity contribution in [1.82, 2.24) is 10.3 Å². The van der Waals surface area contributed by atoms with Crippen LogP contribution in [0, 0.1) is 5.92 Å². The second kappa shape index (κ2) is 6.42. The summed E-state index contributed by atoms with van der Waals surface area (Å²) >= 11 is 0. The maximum absolute atomic E-state index is 11.2. The van der Waals surface area contributed by atoms with Gasteiger partial charge in [0.05, 0.1) is 6.54 Å². The number of carbonyl (C=O) groups is 1. The van der Waals surface area contributed by atoms with Crippen LogP contribution in [0.4, 0.5) is 0 Å². The first-order valence-electron chi connectivity index (χ1n) is 5.85. The predicted octanol–water partition coefficient (Wildman–Crippen LogP) is 1.36. The van der Waals surface area contributed by atoms with Crippen molar-refractivity contribution >= 4 is 5.91 Å². The highest BCUT2D eigenvalue weighted by Gasteiger charge is 2.11. The van der Waals surface area contributed by atoms with Gasteiger partial charge in [0.2, 0.25) is 0 Å². The molecule has 1 rings (SSSR count). The van der Waals surface area contributed by atoms with Crippen molar-refractivity contribution in [2.45, 2.75) is 26.8 Å². The van der Waals surface area contributed by atoms with E-state index in [9.17, 15) is 4.79 Å². The molecule has 1 unspecified atom stereocenters. The van der Waals surface area contributed by atoms with Gasteiger partial charge in [0.1, 0.15) is 5.76 Å². The number of carbonyl (C=O) groups excluding carboxylic acids is 1. The first kappa shape index (κ1) is 13.7. The second-order valence-electron chi connectivity index (χ2n) is 4.45. The lowest BCUT2D eigenvalue weighted by molar-refractivity contribution is 0.0922. The molecule has 0 spiro atoms. The minimum absolute atomic E-state index is 0.249. The summed E-state index contributed by atoms with van der Waals surface area (Å²) in [5.74, 6) is 6.30. The molecular weight excluding hydrogens is 218 g/mol. The number of rotatable bonds is 6. The van der Waals surface area contributed by atoms with Crippen molar-refractivity contribution in [1.29, 1.82) is 0 Å². The van der Waals surface area contributed by atoms with Crippen molar-refractivity contribution in [3.05, 3.63) is 23.7 Å². The van der Waals surface area contributed by atoms with Crippen molar-refractivity contribution in [3.63, 3.8) is 0 Å². The summed E-state index contributed by atoms with van der Waals surface area (Å²) < 4.78 is 5.39. The molecule has 96 valence electrons. The SMILES string of the molecule is CCC(C)CN(C)Cc1ccc(C(=O)NN)o1. The van der Waals surface area contributed by atoms with Gasteiger partial charge in [0.25, 0.3) is 0 Å². The number of hydrazine groups is 1. The predicted molar refractivity (Wildman–Crippen MR) is 66.2 cm³/mol. The summed E-state index contributed by atoms with van der Waals surface area (Å²) in [7, 11) is 2.04. The molecule has 1 aromatic rings. The zero-order valence-corrected chi connectivity index (χ0v) is 10.7. The Balaban J connectivity index is 2.51. The fourth-order valence-corrected chi connectivity index (χ4v) is 1.65. The summed E-state index contributed by atoms with van der Waals surface area (Å²) in [4.78, 5) is 13.4. The number of nitrogen functional groups attached to an aromatic ring is 1. The Bertz CT molecular complexity index is 362. The fourth-order valence-electron chi connectivity index (χ4n) is 1.65. The molecule has 1 atom stereocenters. The number of nitrogens with zero attached hydrogens (tertiary/aromatic N) is 1. The van der Waals surface area contributed by atoms with Gasteiger partial charge in [0, 0.05) is 6.54 Å². The third-order valence-electron chi connectivity index (χ3n) is 2.76. The van der Waals surface area contributed by atoms with Gasteiger partial charge in [-0.25, -0.2) is 5.84 Å². The van der Waals surface area contributed by atoms with Crippen LogP contribution in [0.1, 0.15) is 36.6 Å². The minimum atomic E-state index is -0.402. The average Bonchev–Trinajstić information content (AvgIpc) is 2.76. The molecule has 0 aliphatic rings. The standard InChI is InChI=1S/C12H21N3O2/c1-4-9(2)7-15(3)8-10-5-6-11(17-10)12(16)14-13/h5-6,9H,4,7-8,13H2,1-3H3,(H,14,16). The van der Waals surface area contributed by atoms with Crippen LogP contribution in [0.15, 0.2) is 16.5 Å². The third kappa shape index (κ3) is 4.20. The maximum atomic E-state index is 11.2. The monoisotopic (exact) mass is 239 g/mol. The Morgan fingerprint density at radius 2 is 2.29 bits per heavy atom. The molecule has 0 aromatic carbocycles. The lowest BCUT2D eigenvalue weighted by Gasteiger charge is -2.18. The van der Waals surface area contributed by atoms with Crippen molar-refractivity contribution in [2.75, 3.05) is 13.6 Å². The molecule has 0 fully saturated rings. The van der Waals surface area contributed by atoms with E-state index in [0.717, 1.165) is 18.7 Å². The Kier molecular flexibility index (Phi) is 5.18. The van der Waals surface area contributed by atoms with E-state index in [2.05, 4.69) is 18.7 Å². The number of hydrogen-bond acceptors (Lipinski definition) is 4. The van der Waals surface area contributed by atoms with E-state index < -0.39 is 5.91 Å². The van der Waals surface area contributed by atoms with Gasteiger partial charge in [-0.05, 0) is 25.1 Å². The highest BCUT2D eigenvalue weighted by atomic mass is 16.4. The van der Waals surface area contributed by atoms with Crippen LogP contribution < -0.4 is 11.3 Å². The molecule has 0 saturated carbocycles. The quantitative estimate of drug-likeness (QED) is 0.447. The van der Waals surface area contributed by atoms with Gasteiger partial charge >= 0.3 is 5.91 Å². The molecule has 1 heterocycles. The van der Waals surface area contributed by atoms with Gasteiger partial charge in [0.15, 0.2) is 5.76 Å². The Hall–Kier alpha value is -1.33. The van der Waals surface area contributed by atoms with Crippen LogP contribution in [0.3, 0.4) is 0 Å². The van der Waals surface area contributed by atoms with Crippen LogP contribution in [-0.2, 0) is 6.54 Å². The Morgan fingerprint density at radius 3 is 2.88 bits per heavy atom. The second-order valence-corrected chi connectivity index (χ2v) is 4.45. The van der Waals surface area contributed by atoms with E-state index in [4.69, 9.17) is 10.3 Å². The summed E-state index contributed by atoms with van der Waals surface area (Å²) in [6, 6.07) is 3.44. The Morgan fingerprint density at radius 1 is 1.59 bits per heavy atom. The van der Waals surface area contributed by atoms with Crippen LogP contribution in [0.2, 0.25) is 0 Å². The van der Waals surface area contributed by atoms with Crippen LogP contribution in [0.25, 0.3) is 0 Å². The van der Waals surface area contributed by atoms with Crippen LogP contribution in [0.5, 0.6) is 0 Å². The number of furan rings is 1. The molecule has 0 radical (unpaired) electrons. The number of amides is 1. The molecule has 5 heteroatoms. The molecule has 3 N–H and O–H groups in total. The van der Waals surface area contributed by atoms with Gasteiger partial charge in [-0.2, -0.15) is 0 Å². The fraction of sp³-hybridized carbons (Fsp3) is 0.583. The molecule has 0 aliphatic carbocycles. The minimum Gasteiger partial charge on any atom is -0.455 e. The van der Waals surface area contributed by atoms with Crippen LogP contribution >= 0.6 is 0 Å². The number of hydrogen-bond donors (Lipinski definition) is 2. The van der Waals surface area contributed by atoms with Gasteiger partial charge in [-0.1, -0.05) is 20.3 Å². The third-order valence-corrected chi connectivity index (χ3v) is 2.76. The van der Waals surface area contributed by atoms with E-state index in [1.807, 2.05) is 12.5 Å². The van der Waals surface area contributed by atoms with E-state index in [-0.39, 0.29) is 5.76 Å². The van der Waals surface area contributed by atoms with E-state index in [0.29, 0.717) is 12.5 Å². The zero-order chi connectivity index (χ0) is 12.8. The number of nitrogens with one attached hydrogen (secondary N) is 1. The largest absolute Gasteiger partial charge is 0.455 e. The molecule has 1 amide bonds. The summed E-state index contributed by atoms with van der Waals surface area (Å²) in [6.07, 6.45) is 1.16. The highest BCUT2D eigenvalue weighted by Crippen LogP contribution is 2.11. The molecule has 0 bridgehead atoms. The van der Waals surface area contributed by atoms with Crippen molar-refractivity contribution in [3.8, 4) is 0 Å². The summed E-state index contributed by atoms with van der Waals surface area (Å²) in [5.41, 5.74) is 2.04.